The normalized spacial score (nSPS) is 11.4. The van der Waals surface area contributed by atoms with Crippen molar-refractivity contribution in [1.82, 2.24) is 0 Å². The first-order valence-corrected chi connectivity index (χ1v) is 19.1. The average molecular weight is 716 g/mol. The summed E-state index contributed by atoms with van der Waals surface area (Å²) in [5.74, 6) is 1.64. The van der Waals surface area contributed by atoms with Gasteiger partial charge in [-0.2, -0.15) is 0 Å². The average Bonchev–Trinajstić information content (AvgIpc) is 3.42. The predicted molar refractivity (Wildman–Crippen MR) is 234 cm³/mol. The highest BCUT2D eigenvalue weighted by molar-refractivity contribution is 6.00. The summed E-state index contributed by atoms with van der Waals surface area (Å²) in [6.45, 7) is 0. The maximum Gasteiger partial charge on any atom is 0.137 e. The van der Waals surface area contributed by atoms with Gasteiger partial charge in [-0.05, 0) is 98.6 Å². The van der Waals surface area contributed by atoms with Crippen molar-refractivity contribution in [2.45, 2.75) is 0 Å². The topological polar surface area (TPSA) is 12.5 Å². The first-order chi connectivity index (χ1) is 27.8. The van der Waals surface area contributed by atoms with Crippen molar-refractivity contribution in [2.75, 3.05) is 4.90 Å². The quantitative estimate of drug-likeness (QED) is 0.163. The highest BCUT2D eigenvalue weighted by Crippen LogP contribution is 2.52. The summed E-state index contributed by atoms with van der Waals surface area (Å²) in [5.41, 5.74) is 16.9. The number of anilines is 3. The zero-order chi connectivity index (χ0) is 37.3. The number of hydrogen-bond acceptors (Lipinski definition) is 2. The monoisotopic (exact) mass is 715 g/mol. The number of fused-ring (bicyclic) bond motifs is 5. The van der Waals surface area contributed by atoms with Gasteiger partial charge < -0.3 is 9.64 Å². The van der Waals surface area contributed by atoms with E-state index in [0.29, 0.717) is 0 Å². The zero-order valence-electron chi connectivity index (χ0n) is 30.7. The van der Waals surface area contributed by atoms with E-state index in [0.717, 1.165) is 67.5 Å². The maximum absolute atomic E-state index is 7.14. The molecule has 0 aliphatic carbocycles. The SMILES string of the molecule is c1ccc(-c2ccc(N(c3cccc(-c4ccccc4)c3)c3ccc4c(c3)Oc3cc(-c5ccccc5)ccc3-c3cccc(-c5ccccc5)c3-4)cc2)cc1. The zero-order valence-corrected chi connectivity index (χ0v) is 30.7. The third-order valence-electron chi connectivity index (χ3n) is 10.7. The van der Waals surface area contributed by atoms with Crippen LogP contribution in [0.4, 0.5) is 17.1 Å². The van der Waals surface area contributed by atoms with Gasteiger partial charge in [0.05, 0.1) is 0 Å². The lowest BCUT2D eigenvalue weighted by Gasteiger charge is -2.27. The molecule has 56 heavy (non-hydrogen) atoms. The first-order valence-electron chi connectivity index (χ1n) is 19.1. The molecule has 9 aromatic carbocycles. The Balaban J connectivity index is 1.17. The van der Waals surface area contributed by atoms with Crippen molar-refractivity contribution < 1.29 is 4.74 Å². The smallest absolute Gasteiger partial charge is 0.137 e. The summed E-state index contributed by atoms with van der Waals surface area (Å²) < 4.78 is 7.14. The molecule has 2 nitrogen and oxygen atoms in total. The van der Waals surface area contributed by atoms with Crippen molar-refractivity contribution in [2.24, 2.45) is 0 Å². The van der Waals surface area contributed by atoms with Crippen molar-refractivity contribution in [3.8, 4) is 78.3 Å². The molecule has 0 unspecified atom stereocenters. The third kappa shape index (κ3) is 6.24. The second-order valence-electron chi connectivity index (χ2n) is 14.1. The van der Waals surface area contributed by atoms with Gasteiger partial charge in [0, 0.05) is 39.8 Å². The van der Waals surface area contributed by atoms with E-state index in [-0.39, 0.29) is 0 Å². The van der Waals surface area contributed by atoms with Gasteiger partial charge in [0.25, 0.3) is 0 Å². The van der Waals surface area contributed by atoms with Crippen LogP contribution in [-0.2, 0) is 0 Å². The molecule has 0 aromatic heterocycles. The van der Waals surface area contributed by atoms with Crippen LogP contribution < -0.4 is 9.64 Å². The molecule has 9 aromatic rings. The summed E-state index contributed by atoms with van der Waals surface area (Å²) in [4.78, 5) is 2.33. The fraction of sp³-hybridized carbons (Fsp3) is 0. The van der Waals surface area contributed by atoms with E-state index >= 15 is 0 Å². The van der Waals surface area contributed by atoms with Crippen molar-refractivity contribution in [1.29, 1.82) is 0 Å². The van der Waals surface area contributed by atoms with Gasteiger partial charge in [-0.1, -0.05) is 170 Å². The summed E-state index contributed by atoms with van der Waals surface area (Å²) in [5, 5.41) is 0. The minimum absolute atomic E-state index is 0.807. The van der Waals surface area contributed by atoms with E-state index in [1.807, 2.05) is 0 Å². The van der Waals surface area contributed by atoms with Crippen molar-refractivity contribution in [3.63, 3.8) is 0 Å². The van der Waals surface area contributed by atoms with Crippen LogP contribution in [0, 0.1) is 0 Å². The molecule has 0 saturated heterocycles. The molecule has 0 saturated carbocycles. The number of ether oxygens (including phenoxy) is 1. The van der Waals surface area contributed by atoms with Crippen LogP contribution in [0.25, 0.3) is 66.8 Å². The molecule has 1 heterocycles. The van der Waals surface area contributed by atoms with Crippen LogP contribution in [0.1, 0.15) is 0 Å². The van der Waals surface area contributed by atoms with Gasteiger partial charge in [-0.3, -0.25) is 0 Å². The van der Waals surface area contributed by atoms with E-state index in [1.165, 1.54) is 27.8 Å². The summed E-state index contributed by atoms with van der Waals surface area (Å²) in [7, 11) is 0. The fourth-order valence-corrected chi connectivity index (χ4v) is 7.96. The Bertz CT molecular complexity index is 2800. The predicted octanol–water partition coefficient (Wildman–Crippen LogP) is 15.3. The molecule has 264 valence electrons. The van der Waals surface area contributed by atoms with E-state index < -0.39 is 0 Å². The van der Waals surface area contributed by atoms with Gasteiger partial charge in [-0.15, -0.1) is 0 Å². The molecular weight excluding hydrogens is 679 g/mol. The Morgan fingerprint density at radius 1 is 0.250 bits per heavy atom. The Kier molecular flexibility index (Phi) is 8.55. The molecular formula is C54H37NO. The highest BCUT2D eigenvalue weighted by atomic mass is 16.5. The Morgan fingerprint density at radius 2 is 0.696 bits per heavy atom. The van der Waals surface area contributed by atoms with Gasteiger partial charge in [0.15, 0.2) is 0 Å². The van der Waals surface area contributed by atoms with Crippen molar-refractivity contribution in [3.05, 3.63) is 224 Å². The van der Waals surface area contributed by atoms with E-state index in [4.69, 9.17) is 4.74 Å². The van der Waals surface area contributed by atoms with Gasteiger partial charge >= 0.3 is 0 Å². The lowest BCUT2D eigenvalue weighted by atomic mass is 9.87. The van der Waals surface area contributed by atoms with Crippen LogP contribution in [0.5, 0.6) is 11.5 Å². The standard InChI is InChI=1S/C54H37NO/c1-5-15-38(16-6-1)41-27-30-45(31-28-41)55(46-24-13-23-43(35-46)39-17-7-2-8-18-39)47-32-34-51-53(37-47)56-52-36-44(40-19-9-3-10-20-40)29-33-49(52)50-26-14-25-48(54(50)51)42-21-11-4-12-22-42/h1-37H. The Labute approximate surface area is 328 Å². The number of nitrogens with zero attached hydrogens (tertiary/aromatic N) is 1. The first kappa shape index (κ1) is 33.2. The van der Waals surface area contributed by atoms with Gasteiger partial charge in [-0.25, -0.2) is 0 Å². The molecule has 0 fully saturated rings. The molecule has 0 amide bonds. The van der Waals surface area contributed by atoms with Gasteiger partial charge in [0.1, 0.15) is 11.5 Å². The summed E-state index contributed by atoms with van der Waals surface area (Å²) in [6.07, 6.45) is 0. The summed E-state index contributed by atoms with van der Waals surface area (Å²) >= 11 is 0. The van der Waals surface area contributed by atoms with Crippen LogP contribution in [0.2, 0.25) is 0 Å². The molecule has 2 heteroatoms. The Morgan fingerprint density at radius 3 is 1.36 bits per heavy atom. The minimum Gasteiger partial charge on any atom is -0.456 e. The largest absolute Gasteiger partial charge is 0.456 e. The number of hydrogen-bond donors (Lipinski definition) is 0. The molecule has 1 aliphatic heterocycles. The molecule has 0 N–H and O–H groups in total. The second-order valence-corrected chi connectivity index (χ2v) is 14.1. The van der Waals surface area contributed by atoms with Crippen LogP contribution in [0.15, 0.2) is 224 Å². The van der Waals surface area contributed by atoms with Gasteiger partial charge in [0.2, 0.25) is 0 Å². The molecule has 0 spiro atoms. The Hall–Kier alpha value is -7.42. The molecule has 1 aliphatic rings. The minimum atomic E-state index is 0.807. The van der Waals surface area contributed by atoms with E-state index in [1.54, 1.807) is 0 Å². The lowest BCUT2D eigenvalue weighted by molar-refractivity contribution is 0.488. The second kappa shape index (κ2) is 14.4. The lowest BCUT2D eigenvalue weighted by Crippen LogP contribution is -2.10. The summed E-state index contributed by atoms with van der Waals surface area (Å²) in [6, 6.07) is 79.9. The van der Waals surface area contributed by atoms with Crippen molar-refractivity contribution >= 4 is 17.1 Å². The van der Waals surface area contributed by atoms with E-state index in [9.17, 15) is 0 Å². The van der Waals surface area contributed by atoms with Crippen LogP contribution >= 0.6 is 0 Å². The molecule has 0 radical (unpaired) electrons. The third-order valence-corrected chi connectivity index (χ3v) is 10.7. The highest BCUT2D eigenvalue weighted by Gasteiger charge is 2.26. The molecule has 0 bridgehead atoms. The van der Waals surface area contributed by atoms with E-state index in [2.05, 4.69) is 229 Å². The van der Waals surface area contributed by atoms with Crippen LogP contribution in [0.3, 0.4) is 0 Å². The van der Waals surface area contributed by atoms with Crippen LogP contribution in [-0.4, -0.2) is 0 Å². The number of benzene rings is 9. The molecule has 0 atom stereocenters. The fourth-order valence-electron chi connectivity index (χ4n) is 7.96. The molecule has 10 rings (SSSR count). The number of rotatable bonds is 7. The maximum atomic E-state index is 7.14.